The summed E-state index contributed by atoms with van der Waals surface area (Å²) in [7, 11) is 1.20. The number of nitrogens with one attached hydrogen (secondary N) is 2. The van der Waals surface area contributed by atoms with Crippen LogP contribution in [0.4, 0.5) is 4.79 Å². The summed E-state index contributed by atoms with van der Waals surface area (Å²) in [6, 6.07) is 4.71. The van der Waals surface area contributed by atoms with Crippen molar-refractivity contribution in [2.75, 3.05) is 26.8 Å². The van der Waals surface area contributed by atoms with Gasteiger partial charge in [-0.25, -0.2) is 4.79 Å². The second-order valence-corrected chi connectivity index (χ2v) is 8.30. The number of esters is 1. The first-order valence-electron chi connectivity index (χ1n) is 10.8. The van der Waals surface area contributed by atoms with E-state index in [9.17, 15) is 24.3 Å². The van der Waals surface area contributed by atoms with Gasteiger partial charge in [-0.1, -0.05) is 31.2 Å². The van der Waals surface area contributed by atoms with E-state index in [2.05, 4.69) is 15.4 Å². The molecule has 0 bridgehead atoms. The van der Waals surface area contributed by atoms with Crippen LogP contribution < -0.4 is 10.6 Å². The van der Waals surface area contributed by atoms with Crippen LogP contribution in [0.2, 0.25) is 0 Å². The van der Waals surface area contributed by atoms with Gasteiger partial charge in [-0.05, 0) is 45.2 Å². The van der Waals surface area contributed by atoms with Crippen molar-refractivity contribution in [3.63, 3.8) is 0 Å². The summed E-state index contributed by atoms with van der Waals surface area (Å²) >= 11 is 0. The number of methoxy groups -OCH3 is 1. The summed E-state index contributed by atoms with van der Waals surface area (Å²) in [5.41, 5.74) is 0.759. The van der Waals surface area contributed by atoms with Gasteiger partial charge in [0.15, 0.2) is 0 Å². The van der Waals surface area contributed by atoms with Gasteiger partial charge in [0.05, 0.1) is 13.7 Å². The van der Waals surface area contributed by atoms with Crippen molar-refractivity contribution in [3.8, 4) is 0 Å². The van der Waals surface area contributed by atoms with E-state index < -0.39 is 48.2 Å². The summed E-state index contributed by atoms with van der Waals surface area (Å²) in [4.78, 5) is 51.2. The smallest absolute Gasteiger partial charge is 0.408 e. The molecule has 0 saturated carbocycles. The Morgan fingerprint density at radius 3 is 2.15 bits per heavy atom. The number of carbonyl (C=O) groups is 4. The van der Waals surface area contributed by atoms with Gasteiger partial charge in [0.25, 0.3) is 0 Å². The van der Waals surface area contributed by atoms with Crippen LogP contribution in [0.25, 0.3) is 0 Å². The molecule has 3 amide bonds. The molecular weight excluding hydrogens is 430 g/mol. The second-order valence-electron chi connectivity index (χ2n) is 8.30. The monoisotopic (exact) mass is 465 g/mol. The van der Waals surface area contributed by atoms with Gasteiger partial charge in [0.1, 0.15) is 24.2 Å². The molecule has 1 aromatic carbocycles. The molecular formula is C23H35N3O7. The summed E-state index contributed by atoms with van der Waals surface area (Å²) < 4.78 is 9.73. The van der Waals surface area contributed by atoms with Crippen LogP contribution in [-0.4, -0.2) is 72.3 Å². The predicted molar refractivity (Wildman–Crippen MR) is 121 cm³/mol. The minimum atomic E-state index is -1.33. The van der Waals surface area contributed by atoms with Crippen molar-refractivity contribution >= 4 is 23.9 Å². The molecule has 0 saturated heterocycles. The average Bonchev–Trinajstić information content (AvgIpc) is 2.77. The van der Waals surface area contributed by atoms with Crippen molar-refractivity contribution < 1.29 is 33.8 Å². The third kappa shape index (κ3) is 8.72. The zero-order valence-electron chi connectivity index (χ0n) is 20.1. The van der Waals surface area contributed by atoms with Gasteiger partial charge < -0.3 is 30.1 Å². The Morgan fingerprint density at radius 1 is 1.09 bits per heavy atom. The Hall–Kier alpha value is -3.14. The third-order valence-corrected chi connectivity index (χ3v) is 4.69. The Labute approximate surface area is 194 Å². The van der Waals surface area contributed by atoms with E-state index in [4.69, 9.17) is 4.74 Å². The molecule has 10 heteroatoms. The Bertz CT molecular complexity index is 818. The number of aryl methyl sites for hydroxylation is 1. The molecule has 0 aliphatic rings. The number of ether oxygens (including phenoxy) is 2. The fourth-order valence-electron chi connectivity index (χ4n) is 3.04. The maximum atomic E-state index is 13.3. The van der Waals surface area contributed by atoms with Crippen LogP contribution >= 0.6 is 0 Å². The molecule has 0 spiro atoms. The van der Waals surface area contributed by atoms with Crippen LogP contribution in [0, 0.1) is 0 Å². The maximum absolute atomic E-state index is 13.3. The molecule has 0 aliphatic carbocycles. The molecule has 2 unspecified atom stereocenters. The maximum Gasteiger partial charge on any atom is 0.408 e. The number of hydrogen-bond donors (Lipinski definition) is 3. The number of nitrogens with zero attached hydrogens (tertiary/aromatic N) is 1. The van der Waals surface area contributed by atoms with Crippen LogP contribution in [0.15, 0.2) is 24.3 Å². The molecule has 0 fully saturated rings. The molecule has 0 heterocycles. The van der Waals surface area contributed by atoms with Crippen molar-refractivity contribution in [2.24, 2.45) is 0 Å². The van der Waals surface area contributed by atoms with E-state index in [1.165, 1.54) is 12.0 Å². The predicted octanol–water partition coefficient (Wildman–Crippen LogP) is 1.31. The topological polar surface area (TPSA) is 134 Å². The van der Waals surface area contributed by atoms with Crippen LogP contribution in [-0.2, 0) is 30.3 Å². The number of aliphatic hydroxyl groups is 1. The van der Waals surface area contributed by atoms with E-state index in [1.807, 2.05) is 19.1 Å². The first kappa shape index (κ1) is 27.9. The lowest BCUT2D eigenvalue weighted by atomic mass is 10.0. The lowest BCUT2D eigenvalue weighted by Crippen LogP contribution is -2.54. The molecule has 1 rings (SSSR count). The SMILES string of the molecule is CCc1ccc(C(C(=O)NCC(=O)OC)N(CC)C(=O)C(CO)NC(=O)OC(C)(C)C)cc1. The number of benzene rings is 1. The standard InChI is InChI=1S/C23H35N3O7/c1-7-15-9-11-16(12-10-15)19(20(29)24-13-18(28)32-6)26(8-2)21(30)17(14-27)25-22(31)33-23(3,4)5/h9-12,17,19,27H,7-8,13-14H2,1-6H3,(H,24,29)(H,25,31). The number of likely N-dealkylation sites (N-methyl/N-ethyl adjacent to an activating group) is 1. The number of rotatable bonds is 10. The van der Waals surface area contributed by atoms with Crippen molar-refractivity contribution in [2.45, 2.75) is 58.7 Å². The zero-order valence-corrected chi connectivity index (χ0v) is 20.1. The van der Waals surface area contributed by atoms with E-state index >= 15 is 0 Å². The first-order chi connectivity index (χ1) is 15.5. The number of carbonyl (C=O) groups excluding carboxylic acids is 4. The number of amides is 3. The van der Waals surface area contributed by atoms with Gasteiger partial charge in [-0.15, -0.1) is 0 Å². The van der Waals surface area contributed by atoms with E-state index in [-0.39, 0.29) is 13.1 Å². The molecule has 1 aromatic rings. The first-order valence-corrected chi connectivity index (χ1v) is 10.8. The molecule has 0 aliphatic heterocycles. The van der Waals surface area contributed by atoms with Crippen molar-refractivity contribution in [3.05, 3.63) is 35.4 Å². The quantitative estimate of drug-likeness (QED) is 0.444. The molecule has 33 heavy (non-hydrogen) atoms. The van der Waals surface area contributed by atoms with E-state index in [1.54, 1.807) is 39.8 Å². The number of aliphatic hydroxyl groups excluding tert-OH is 1. The molecule has 2 atom stereocenters. The molecule has 0 radical (unpaired) electrons. The Balaban J connectivity index is 3.24. The molecule has 184 valence electrons. The van der Waals surface area contributed by atoms with Gasteiger partial charge in [0.2, 0.25) is 11.8 Å². The minimum Gasteiger partial charge on any atom is -0.468 e. The lowest BCUT2D eigenvalue weighted by Gasteiger charge is -2.33. The molecule has 10 nitrogen and oxygen atoms in total. The van der Waals surface area contributed by atoms with Crippen LogP contribution in [0.1, 0.15) is 51.8 Å². The van der Waals surface area contributed by atoms with Gasteiger partial charge in [0, 0.05) is 6.54 Å². The summed E-state index contributed by atoms with van der Waals surface area (Å²) in [5.74, 6) is -1.92. The fourth-order valence-corrected chi connectivity index (χ4v) is 3.04. The highest BCUT2D eigenvalue weighted by molar-refractivity contribution is 5.93. The van der Waals surface area contributed by atoms with Crippen molar-refractivity contribution in [1.82, 2.24) is 15.5 Å². The zero-order chi connectivity index (χ0) is 25.2. The van der Waals surface area contributed by atoms with Gasteiger partial charge in [-0.2, -0.15) is 0 Å². The van der Waals surface area contributed by atoms with Gasteiger partial charge >= 0.3 is 12.1 Å². The normalized spacial score (nSPS) is 12.8. The summed E-state index contributed by atoms with van der Waals surface area (Å²) in [5, 5.41) is 14.6. The summed E-state index contributed by atoms with van der Waals surface area (Å²) in [6.07, 6.45) is -0.0765. The fraction of sp³-hybridized carbons (Fsp3) is 0.565. The van der Waals surface area contributed by atoms with Gasteiger partial charge in [-0.3, -0.25) is 14.4 Å². The van der Waals surface area contributed by atoms with E-state index in [0.717, 1.165) is 12.0 Å². The number of alkyl carbamates (subject to hydrolysis) is 1. The Kier molecular flexibility index (Phi) is 10.8. The average molecular weight is 466 g/mol. The minimum absolute atomic E-state index is 0.0944. The Morgan fingerprint density at radius 2 is 1.70 bits per heavy atom. The third-order valence-electron chi connectivity index (χ3n) is 4.69. The molecule has 3 N–H and O–H groups in total. The largest absolute Gasteiger partial charge is 0.468 e. The number of hydrogen-bond acceptors (Lipinski definition) is 7. The van der Waals surface area contributed by atoms with E-state index in [0.29, 0.717) is 5.56 Å². The second kappa shape index (κ2) is 12.8. The van der Waals surface area contributed by atoms with Crippen LogP contribution in [0.3, 0.4) is 0 Å². The highest BCUT2D eigenvalue weighted by atomic mass is 16.6. The van der Waals surface area contributed by atoms with Crippen LogP contribution in [0.5, 0.6) is 0 Å². The molecule has 0 aromatic heterocycles. The summed E-state index contributed by atoms with van der Waals surface area (Å²) in [6.45, 7) is 7.70. The van der Waals surface area contributed by atoms with Crippen molar-refractivity contribution in [1.29, 1.82) is 0 Å². The highest BCUT2D eigenvalue weighted by Gasteiger charge is 2.35. The highest BCUT2D eigenvalue weighted by Crippen LogP contribution is 2.23. The lowest BCUT2D eigenvalue weighted by molar-refractivity contribution is -0.145.